The van der Waals surface area contributed by atoms with Gasteiger partial charge < -0.3 is 10.1 Å². The maximum absolute atomic E-state index is 11.6. The number of nitrogens with one attached hydrogen (secondary N) is 1. The van der Waals surface area contributed by atoms with Crippen molar-refractivity contribution in [3.63, 3.8) is 0 Å². The smallest absolute Gasteiger partial charge is 0.224 e. The summed E-state index contributed by atoms with van der Waals surface area (Å²) in [5.41, 5.74) is 0.929. The summed E-state index contributed by atoms with van der Waals surface area (Å²) in [5, 5.41) is 2.80. The summed E-state index contributed by atoms with van der Waals surface area (Å²) >= 11 is 5.61. The molecule has 1 aromatic rings. The fourth-order valence-electron chi connectivity index (χ4n) is 1.33. The number of halogens is 1. The van der Waals surface area contributed by atoms with E-state index in [-0.39, 0.29) is 11.9 Å². The third-order valence-electron chi connectivity index (χ3n) is 2.14. The van der Waals surface area contributed by atoms with Crippen molar-refractivity contribution in [2.75, 3.05) is 13.0 Å². The van der Waals surface area contributed by atoms with E-state index in [9.17, 15) is 4.79 Å². The van der Waals surface area contributed by atoms with Gasteiger partial charge >= 0.3 is 0 Å². The fourth-order valence-corrected chi connectivity index (χ4v) is 1.41. The Balaban J connectivity index is 2.55. The number of amides is 1. The van der Waals surface area contributed by atoms with Crippen molar-refractivity contribution in [3.8, 4) is 5.75 Å². The third kappa shape index (κ3) is 4.11. The van der Waals surface area contributed by atoms with Gasteiger partial charge in [0.05, 0.1) is 13.5 Å². The van der Waals surface area contributed by atoms with Crippen molar-refractivity contribution in [2.24, 2.45) is 0 Å². The van der Waals surface area contributed by atoms with Crippen LogP contribution in [-0.4, -0.2) is 24.9 Å². The average molecular weight is 242 g/mol. The Kier molecular flexibility index (Phi) is 5.12. The zero-order valence-electron chi connectivity index (χ0n) is 9.50. The number of ether oxygens (including phenoxy) is 1. The Bertz CT molecular complexity index is 355. The molecule has 1 N–H and O–H groups in total. The lowest BCUT2D eigenvalue weighted by molar-refractivity contribution is -0.120. The van der Waals surface area contributed by atoms with E-state index in [1.807, 2.05) is 31.2 Å². The van der Waals surface area contributed by atoms with Gasteiger partial charge in [-0.15, -0.1) is 11.6 Å². The second-order valence-electron chi connectivity index (χ2n) is 3.65. The van der Waals surface area contributed by atoms with Crippen LogP contribution < -0.4 is 10.1 Å². The molecule has 1 amide bonds. The Morgan fingerprint density at radius 1 is 1.56 bits per heavy atom. The zero-order chi connectivity index (χ0) is 12.0. The standard InChI is InChI=1S/C12H16ClNO2/c1-9(8-13)14-12(15)7-10-4-3-5-11(6-10)16-2/h3-6,9H,7-8H2,1-2H3,(H,14,15). The summed E-state index contributed by atoms with van der Waals surface area (Å²) in [6.45, 7) is 1.87. The van der Waals surface area contributed by atoms with Crippen LogP contribution in [0.25, 0.3) is 0 Å². The van der Waals surface area contributed by atoms with Gasteiger partial charge in [0, 0.05) is 11.9 Å². The van der Waals surface area contributed by atoms with Crippen molar-refractivity contribution < 1.29 is 9.53 Å². The first-order valence-electron chi connectivity index (χ1n) is 5.14. The molecule has 16 heavy (non-hydrogen) atoms. The molecule has 0 saturated carbocycles. The van der Waals surface area contributed by atoms with E-state index < -0.39 is 0 Å². The number of rotatable bonds is 5. The van der Waals surface area contributed by atoms with Crippen LogP contribution >= 0.6 is 11.6 Å². The summed E-state index contributed by atoms with van der Waals surface area (Å²) in [7, 11) is 1.61. The summed E-state index contributed by atoms with van der Waals surface area (Å²) < 4.78 is 5.09. The molecule has 0 fully saturated rings. The van der Waals surface area contributed by atoms with Crippen LogP contribution in [-0.2, 0) is 11.2 Å². The number of carbonyl (C=O) groups is 1. The van der Waals surface area contributed by atoms with E-state index >= 15 is 0 Å². The number of alkyl halides is 1. The molecule has 88 valence electrons. The lowest BCUT2D eigenvalue weighted by Gasteiger charge is -2.10. The van der Waals surface area contributed by atoms with Gasteiger partial charge in [0.2, 0.25) is 5.91 Å². The SMILES string of the molecule is COc1cccc(CC(=O)NC(C)CCl)c1. The first-order valence-corrected chi connectivity index (χ1v) is 5.67. The van der Waals surface area contributed by atoms with E-state index in [1.54, 1.807) is 7.11 Å². The highest BCUT2D eigenvalue weighted by atomic mass is 35.5. The molecule has 4 heteroatoms. The molecular weight excluding hydrogens is 226 g/mol. The van der Waals surface area contributed by atoms with Crippen LogP contribution in [0, 0.1) is 0 Å². The molecule has 0 radical (unpaired) electrons. The number of carbonyl (C=O) groups excluding carboxylic acids is 1. The van der Waals surface area contributed by atoms with Gasteiger partial charge in [-0.05, 0) is 24.6 Å². The largest absolute Gasteiger partial charge is 0.497 e. The normalized spacial score (nSPS) is 11.9. The van der Waals surface area contributed by atoms with E-state index in [4.69, 9.17) is 16.3 Å². The van der Waals surface area contributed by atoms with E-state index in [1.165, 1.54) is 0 Å². The number of hydrogen-bond donors (Lipinski definition) is 1. The third-order valence-corrected chi connectivity index (χ3v) is 2.60. The van der Waals surface area contributed by atoms with Gasteiger partial charge in [0.15, 0.2) is 0 Å². The van der Waals surface area contributed by atoms with Crippen LogP contribution in [0.2, 0.25) is 0 Å². The molecule has 0 bridgehead atoms. The Hall–Kier alpha value is -1.22. The second-order valence-corrected chi connectivity index (χ2v) is 3.96. The first-order chi connectivity index (χ1) is 7.65. The van der Waals surface area contributed by atoms with Crippen molar-refractivity contribution >= 4 is 17.5 Å². The Morgan fingerprint density at radius 3 is 2.94 bits per heavy atom. The van der Waals surface area contributed by atoms with Gasteiger partial charge in [-0.1, -0.05) is 12.1 Å². The van der Waals surface area contributed by atoms with Gasteiger partial charge in [0.1, 0.15) is 5.75 Å². The number of hydrogen-bond acceptors (Lipinski definition) is 2. The van der Waals surface area contributed by atoms with Gasteiger partial charge in [-0.2, -0.15) is 0 Å². The van der Waals surface area contributed by atoms with Crippen LogP contribution in [0.1, 0.15) is 12.5 Å². The molecular formula is C12H16ClNO2. The van der Waals surface area contributed by atoms with E-state index in [0.717, 1.165) is 11.3 Å². The maximum Gasteiger partial charge on any atom is 0.224 e. The van der Waals surface area contributed by atoms with Crippen molar-refractivity contribution in [2.45, 2.75) is 19.4 Å². The predicted molar refractivity (Wildman–Crippen MR) is 65.0 cm³/mol. The molecule has 0 saturated heterocycles. The zero-order valence-corrected chi connectivity index (χ0v) is 10.3. The molecule has 0 aliphatic carbocycles. The van der Waals surface area contributed by atoms with Crippen LogP contribution in [0.15, 0.2) is 24.3 Å². The molecule has 1 aromatic carbocycles. The minimum atomic E-state index is -0.0265. The minimum absolute atomic E-state index is 0.000209. The van der Waals surface area contributed by atoms with Crippen molar-refractivity contribution in [3.05, 3.63) is 29.8 Å². The Morgan fingerprint density at radius 2 is 2.31 bits per heavy atom. The lowest BCUT2D eigenvalue weighted by Crippen LogP contribution is -2.34. The van der Waals surface area contributed by atoms with Crippen molar-refractivity contribution in [1.29, 1.82) is 0 Å². The van der Waals surface area contributed by atoms with Gasteiger partial charge in [0.25, 0.3) is 0 Å². The monoisotopic (exact) mass is 241 g/mol. The summed E-state index contributed by atoms with van der Waals surface area (Å²) in [5.74, 6) is 1.15. The van der Waals surface area contributed by atoms with Crippen LogP contribution in [0.3, 0.4) is 0 Å². The van der Waals surface area contributed by atoms with Crippen LogP contribution in [0.4, 0.5) is 0 Å². The van der Waals surface area contributed by atoms with Crippen LogP contribution in [0.5, 0.6) is 5.75 Å². The predicted octanol–water partition coefficient (Wildman–Crippen LogP) is 1.98. The van der Waals surface area contributed by atoms with E-state index in [2.05, 4.69) is 5.32 Å². The number of benzene rings is 1. The van der Waals surface area contributed by atoms with Gasteiger partial charge in [-0.3, -0.25) is 4.79 Å². The molecule has 0 aromatic heterocycles. The summed E-state index contributed by atoms with van der Waals surface area (Å²) in [4.78, 5) is 11.6. The fraction of sp³-hybridized carbons (Fsp3) is 0.417. The molecule has 3 nitrogen and oxygen atoms in total. The van der Waals surface area contributed by atoms with Gasteiger partial charge in [-0.25, -0.2) is 0 Å². The second kappa shape index (κ2) is 6.38. The summed E-state index contributed by atoms with van der Waals surface area (Å²) in [6.07, 6.45) is 0.346. The van der Waals surface area contributed by atoms with Crippen molar-refractivity contribution in [1.82, 2.24) is 5.32 Å². The Labute approximate surface area is 101 Å². The van der Waals surface area contributed by atoms with E-state index in [0.29, 0.717) is 12.3 Å². The highest BCUT2D eigenvalue weighted by molar-refractivity contribution is 6.18. The highest BCUT2D eigenvalue weighted by Crippen LogP contribution is 2.12. The number of methoxy groups -OCH3 is 1. The molecule has 0 heterocycles. The molecule has 0 aliphatic heterocycles. The highest BCUT2D eigenvalue weighted by Gasteiger charge is 2.07. The average Bonchev–Trinajstić information content (AvgIpc) is 2.28. The molecule has 1 rings (SSSR count). The molecule has 0 aliphatic rings. The lowest BCUT2D eigenvalue weighted by atomic mass is 10.1. The quantitative estimate of drug-likeness (QED) is 0.801. The molecule has 1 unspecified atom stereocenters. The molecule has 0 spiro atoms. The topological polar surface area (TPSA) is 38.3 Å². The molecule has 1 atom stereocenters. The first kappa shape index (κ1) is 12.8. The maximum atomic E-state index is 11.6. The summed E-state index contributed by atoms with van der Waals surface area (Å²) in [6, 6.07) is 7.47. The minimum Gasteiger partial charge on any atom is -0.497 e.